The van der Waals surface area contributed by atoms with E-state index in [2.05, 4.69) is 23.5 Å². The fraction of sp³-hybridized carbons (Fsp3) is 0.303. The van der Waals surface area contributed by atoms with E-state index in [9.17, 15) is 9.59 Å². The number of thioether (sulfide) groups is 1. The van der Waals surface area contributed by atoms with Crippen LogP contribution in [0.25, 0.3) is 11.3 Å². The van der Waals surface area contributed by atoms with Crippen molar-refractivity contribution in [3.63, 3.8) is 0 Å². The summed E-state index contributed by atoms with van der Waals surface area (Å²) in [4.78, 5) is 32.5. The van der Waals surface area contributed by atoms with Crippen LogP contribution in [-0.4, -0.2) is 21.2 Å². The lowest BCUT2D eigenvalue weighted by Crippen LogP contribution is -2.40. The first-order valence-corrected chi connectivity index (χ1v) is 14.8. The van der Waals surface area contributed by atoms with Crippen molar-refractivity contribution in [2.75, 3.05) is 5.75 Å². The first-order chi connectivity index (χ1) is 19.1. The SMILES string of the molecule is CCn1c(SCC(=O)NC(c2ccccc2)c2ccccc2)nc2c(c1=O)C1(CCCC1)Cc1ccccc1-2. The summed E-state index contributed by atoms with van der Waals surface area (Å²) in [7, 11) is 0. The lowest BCUT2D eigenvalue weighted by molar-refractivity contribution is -0.119. The van der Waals surface area contributed by atoms with E-state index < -0.39 is 0 Å². The third-order valence-electron chi connectivity index (χ3n) is 8.25. The van der Waals surface area contributed by atoms with Crippen molar-refractivity contribution in [2.24, 2.45) is 0 Å². The first kappa shape index (κ1) is 25.6. The largest absolute Gasteiger partial charge is 0.344 e. The van der Waals surface area contributed by atoms with E-state index in [-0.39, 0.29) is 28.7 Å². The Balaban J connectivity index is 1.31. The molecule has 2 aliphatic carbocycles. The van der Waals surface area contributed by atoms with Crippen LogP contribution in [0.2, 0.25) is 0 Å². The third-order valence-corrected chi connectivity index (χ3v) is 9.22. The molecule has 0 radical (unpaired) electrons. The Morgan fingerprint density at radius 3 is 2.21 bits per heavy atom. The summed E-state index contributed by atoms with van der Waals surface area (Å²) < 4.78 is 1.77. The Morgan fingerprint density at radius 1 is 0.949 bits per heavy atom. The maximum absolute atomic E-state index is 14.0. The van der Waals surface area contributed by atoms with Gasteiger partial charge in [0.05, 0.1) is 23.1 Å². The average Bonchev–Trinajstić information content (AvgIpc) is 3.43. The maximum Gasteiger partial charge on any atom is 0.258 e. The molecule has 1 saturated carbocycles. The third kappa shape index (κ3) is 4.82. The van der Waals surface area contributed by atoms with Gasteiger partial charge >= 0.3 is 0 Å². The minimum atomic E-state index is -0.250. The van der Waals surface area contributed by atoms with Crippen LogP contribution < -0.4 is 10.9 Å². The normalized spacial score (nSPS) is 15.2. The van der Waals surface area contributed by atoms with Gasteiger partial charge in [-0.1, -0.05) is 110 Å². The number of hydrogen-bond donors (Lipinski definition) is 1. The van der Waals surface area contributed by atoms with Gasteiger partial charge in [-0.25, -0.2) is 4.98 Å². The number of amides is 1. The van der Waals surface area contributed by atoms with E-state index in [1.807, 2.05) is 73.7 Å². The molecule has 5 nitrogen and oxygen atoms in total. The van der Waals surface area contributed by atoms with E-state index in [1.165, 1.54) is 17.3 Å². The number of nitrogens with zero attached hydrogens (tertiary/aromatic N) is 2. The molecular weight excluding hydrogens is 502 g/mol. The summed E-state index contributed by atoms with van der Waals surface area (Å²) in [6, 6.07) is 28.1. The molecule has 0 aliphatic heterocycles. The quantitative estimate of drug-likeness (QED) is 0.223. The molecule has 6 heteroatoms. The summed E-state index contributed by atoms with van der Waals surface area (Å²) in [5.74, 6) is 0.0776. The van der Waals surface area contributed by atoms with Gasteiger partial charge in [0.15, 0.2) is 5.16 Å². The molecule has 0 bridgehead atoms. The molecule has 1 N–H and O–H groups in total. The minimum absolute atomic E-state index is 0.0632. The van der Waals surface area contributed by atoms with Crippen molar-refractivity contribution in [1.29, 1.82) is 0 Å². The smallest absolute Gasteiger partial charge is 0.258 e. The maximum atomic E-state index is 14.0. The van der Waals surface area contributed by atoms with Crippen LogP contribution in [0.3, 0.4) is 0 Å². The van der Waals surface area contributed by atoms with E-state index in [0.29, 0.717) is 11.7 Å². The highest BCUT2D eigenvalue weighted by Gasteiger charge is 2.44. The monoisotopic (exact) mass is 535 g/mol. The zero-order valence-electron chi connectivity index (χ0n) is 22.2. The van der Waals surface area contributed by atoms with Crippen LogP contribution in [0.1, 0.15) is 60.9 Å². The number of aromatic nitrogens is 2. The van der Waals surface area contributed by atoms with Gasteiger partial charge in [0.2, 0.25) is 5.91 Å². The van der Waals surface area contributed by atoms with Crippen molar-refractivity contribution in [3.8, 4) is 11.3 Å². The Kier molecular flexibility index (Phi) is 7.13. The Bertz CT molecular complexity index is 1500. The molecule has 3 aromatic carbocycles. The van der Waals surface area contributed by atoms with Crippen molar-refractivity contribution in [3.05, 3.63) is 118 Å². The standard InChI is InChI=1S/C33H33N3O2S/c1-2-36-31(38)28-30(26-18-10-9-17-25(26)21-33(28)19-11-12-20-33)35-32(36)39-22-27(37)34-29(23-13-5-3-6-14-23)24-15-7-4-8-16-24/h3-10,13-18,29H,2,11-12,19-22H2,1H3,(H,34,37). The highest BCUT2D eigenvalue weighted by molar-refractivity contribution is 7.99. The molecule has 1 spiro atoms. The molecule has 1 aromatic heterocycles. The molecule has 1 fully saturated rings. The van der Waals surface area contributed by atoms with Crippen LogP contribution >= 0.6 is 11.8 Å². The molecular formula is C33H33N3O2S. The Hall–Kier alpha value is -3.64. The second-order valence-corrected chi connectivity index (χ2v) is 11.5. The average molecular weight is 536 g/mol. The van der Waals surface area contributed by atoms with Gasteiger partial charge < -0.3 is 5.32 Å². The van der Waals surface area contributed by atoms with E-state index >= 15 is 0 Å². The molecule has 6 rings (SSSR count). The van der Waals surface area contributed by atoms with Gasteiger partial charge in [0.25, 0.3) is 5.56 Å². The highest BCUT2D eigenvalue weighted by atomic mass is 32.2. The van der Waals surface area contributed by atoms with Crippen LogP contribution in [0.15, 0.2) is 94.9 Å². The van der Waals surface area contributed by atoms with Crippen LogP contribution in [-0.2, 0) is 23.2 Å². The summed E-state index contributed by atoms with van der Waals surface area (Å²) in [6.45, 7) is 2.51. The molecule has 1 heterocycles. The van der Waals surface area contributed by atoms with E-state index in [4.69, 9.17) is 4.98 Å². The first-order valence-electron chi connectivity index (χ1n) is 13.9. The zero-order chi connectivity index (χ0) is 26.8. The predicted molar refractivity (Wildman–Crippen MR) is 157 cm³/mol. The molecule has 1 amide bonds. The second kappa shape index (κ2) is 10.9. The van der Waals surface area contributed by atoms with Gasteiger partial charge in [-0.15, -0.1) is 0 Å². The van der Waals surface area contributed by atoms with Gasteiger partial charge in [0.1, 0.15) is 0 Å². The molecule has 0 atom stereocenters. The fourth-order valence-electron chi connectivity index (χ4n) is 6.42. The van der Waals surface area contributed by atoms with Gasteiger partial charge in [0, 0.05) is 17.5 Å². The topological polar surface area (TPSA) is 64.0 Å². The summed E-state index contributed by atoms with van der Waals surface area (Å²) in [5, 5.41) is 3.82. The number of benzene rings is 3. The van der Waals surface area contributed by atoms with Crippen molar-refractivity contribution >= 4 is 17.7 Å². The number of nitrogens with one attached hydrogen (secondary N) is 1. The summed E-state index contributed by atoms with van der Waals surface area (Å²) in [6.07, 6.45) is 5.27. The van der Waals surface area contributed by atoms with Crippen LogP contribution in [0, 0.1) is 0 Å². The van der Waals surface area contributed by atoms with Crippen LogP contribution in [0.5, 0.6) is 0 Å². The minimum Gasteiger partial charge on any atom is -0.344 e. The van der Waals surface area contributed by atoms with Gasteiger partial charge in [-0.3, -0.25) is 14.2 Å². The van der Waals surface area contributed by atoms with Crippen molar-refractivity contribution < 1.29 is 4.79 Å². The van der Waals surface area contributed by atoms with E-state index in [1.54, 1.807) is 4.57 Å². The highest BCUT2D eigenvalue weighted by Crippen LogP contribution is 2.49. The summed E-state index contributed by atoms with van der Waals surface area (Å²) >= 11 is 1.34. The zero-order valence-corrected chi connectivity index (χ0v) is 23.0. The van der Waals surface area contributed by atoms with E-state index in [0.717, 1.165) is 60.1 Å². The van der Waals surface area contributed by atoms with Crippen LogP contribution in [0.4, 0.5) is 0 Å². The van der Waals surface area contributed by atoms with Gasteiger partial charge in [-0.2, -0.15) is 0 Å². The molecule has 39 heavy (non-hydrogen) atoms. The Morgan fingerprint density at radius 2 is 1.56 bits per heavy atom. The predicted octanol–water partition coefficient (Wildman–Crippen LogP) is 6.30. The molecule has 0 unspecified atom stereocenters. The van der Waals surface area contributed by atoms with Gasteiger partial charge in [-0.05, 0) is 42.9 Å². The van der Waals surface area contributed by atoms with Crippen molar-refractivity contribution in [1.82, 2.24) is 14.9 Å². The number of hydrogen-bond acceptors (Lipinski definition) is 4. The molecule has 2 aliphatic rings. The number of rotatable bonds is 7. The number of fused-ring (bicyclic) bond motifs is 4. The summed E-state index contributed by atoms with van der Waals surface area (Å²) in [5.41, 5.74) is 6.04. The second-order valence-electron chi connectivity index (χ2n) is 10.6. The molecule has 0 saturated heterocycles. The lowest BCUT2D eigenvalue weighted by atomic mass is 9.68. The Labute approximate surface area is 233 Å². The lowest BCUT2D eigenvalue weighted by Gasteiger charge is -2.36. The number of carbonyl (C=O) groups is 1. The molecule has 198 valence electrons. The molecule has 4 aromatic rings. The number of carbonyl (C=O) groups excluding carboxylic acids is 1. The van der Waals surface area contributed by atoms with Crippen molar-refractivity contribution in [2.45, 2.75) is 62.2 Å². The fourth-order valence-corrected chi connectivity index (χ4v) is 7.28.